The van der Waals surface area contributed by atoms with Crippen molar-refractivity contribution in [3.05, 3.63) is 52.3 Å². The Morgan fingerprint density at radius 1 is 1.50 bits per heavy atom. The Balaban J connectivity index is 1.94. The van der Waals surface area contributed by atoms with Crippen molar-refractivity contribution in [1.82, 2.24) is 15.5 Å². The Bertz CT molecular complexity index is 554. The van der Waals surface area contributed by atoms with Crippen molar-refractivity contribution in [1.29, 1.82) is 0 Å². The van der Waals surface area contributed by atoms with E-state index in [0.29, 0.717) is 6.42 Å². The quantitative estimate of drug-likeness (QED) is 0.833. The Labute approximate surface area is 103 Å². The van der Waals surface area contributed by atoms with E-state index < -0.39 is 0 Å². The number of nitrogens with one attached hydrogen (secondary N) is 2. The third-order valence-electron chi connectivity index (χ3n) is 2.38. The molecule has 2 N–H and O–H groups in total. The molecular weight excluding hydrogens is 234 g/mol. The second-order valence-electron chi connectivity index (χ2n) is 3.96. The highest BCUT2D eigenvalue weighted by Crippen LogP contribution is 2.04. The van der Waals surface area contributed by atoms with E-state index in [1.165, 1.54) is 12.1 Å². The number of furan rings is 1. The van der Waals surface area contributed by atoms with Gasteiger partial charge in [-0.15, -0.1) is 0 Å². The highest BCUT2D eigenvalue weighted by atomic mass is 16.3. The molecule has 0 fully saturated rings. The van der Waals surface area contributed by atoms with Crippen molar-refractivity contribution < 1.29 is 9.21 Å². The van der Waals surface area contributed by atoms with Gasteiger partial charge >= 0.3 is 0 Å². The second-order valence-corrected chi connectivity index (χ2v) is 3.96. The van der Waals surface area contributed by atoms with Crippen LogP contribution in [0, 0.1) is 0 Å². The Morgan fingerprint density at radius 3 is 2.94 bits per heavy atom. The minimum Gasteiger partial charge on any atom is -0.469 e. The van der Waals surface area contributed by atoms with Gasteiger partial charge in [0.1, 0.15) is 11.5 Å². The molecule has 2 rings (SSSR count). The molecule has 0 spiro atoms. The zero-order chi connectivity index (χ0) is 13.0. The van der Waals surface area contributed by atoms with Gasteiger partial charge in [-0.2, -0.15) is 5.10 Å². The molecule has 0 aromatic carbocycles. The molecule has 0 aliphatic carbocycles. The summed E-state index contributed by atoms with van der Waals surface area (Å²) < 4.78 is 5.19. The summed E-state index contributed by atoms with van der Waals surface area (Å²) in [4.78, 5) is 22.6. The molecule has 6 nitrogen and oxygen atoms in total. The van der Waals surface area contributed by atoms with Crippen molar-refractivity contribution >= 4 is 5.91 Å². The number of aromatic nitrogens is 2. The Hall–Kier alpha value is -2.37. The lowest BCUT2D eigenvalue weighted by Gasteiger charge is -2.11. The van der Waals surface area contributed by atoms with Crippen molar-refractivity contribution in [3.8, 4) is 0 Å². The molecule has 1 atom stereocenters. The van der Waals surface area contributed by atoms with Gasteiger partial charge < -0.3 is 9.73 Å². The molecule has 0 saturated carbocycles. The maximum atomic E-state index is 11.8. The average Bonchev–Trinajstić information content (AvgIpc) is 2.82. The van der Waals surface area contributed by atoms with Crippen LogP contribution in [0.5, 0.6) is 0 Å². The lowest BCUT2D eigenvalue weighted by molar-refractivity contribution is 0.0933. The van der Waals surface area contributed by atoms with Gasteiger partial charge in [0.15, 0.2) is 0 Å². The van der Waals surface area contributed by atoms with E-state index in [1.54, 1.807) is 12.3 Å². The van der Waals surface area contributed by atoms with E-state index in [2.05, 4.69) is 15.5 Å². The number of H-pyrrole nitrogens is 1. The summed E-state index contributed by atoms with van der Waals surface area (Å²) in [6.07, 6.45) is 2.19. The summed E-state index contributed by atoms with van der Waals surface area (Å²) >= 11 is 0. The van der Waals surface area contributed by atoms with Gasteiger partial charge in [-0.1, -0.05) is 0 Å². The van der Waals surface area contributed by atoms with Gasteiger partial charge in [-0.3, -0.25) is 9.59 Å². The van der Waals surface area contributed by atoms with Crippen molar-refractivity contribution in [2.24, 2.45) is 0 Å². The van der Waals surface area contributed by atoms with Gasteiger partial charge in [0.05, 0.1) is 6.26 Å². The molecule has 0 bridgehead atoms. The lowest BCUT2D eigenvalue weighted by Crippen LogP contribution is -2.35. The van der Waals surface area contributed by atoms with Crippen molar-refractivity contribution in [2.45, 2.75) is 19.4 Å². The Morgan fingerprint density at radius 2 is 2.33 bits per heavy atom. The molecule has 0 unspecified atom stereocenters. The summed E-state index contributed by atoms with van der Waals surface area (Å²) in [6.45, 7) is 1.87. The van der Waals surface area contributed by atoms with Crippen molar-refractivity contribution in [2.75, 3.05) is 0 Å². The van der Waals surface area contributed by atoms with Crippen LogP contribution in [0.1, 0.15) is 23.2 Å². The average molecular weight is 247 g/mol. The van der Waals surface area contributed by atoms with Crippen LogP contribution < -0.4 is 10.9 Å². The third kappa shape index (κ3) is 3.07. The fourth-order valence-corrected chi connectivity index (χ4v) is 1.55. The number of amides is 1. The zero-order valence-corrected chi connectivity index (χ0v) is 9.84. The van der Waals surface area contributed by atoms with E-state index in [9.17, 15) is 9.59 Å². The fraction of sp³-hybridized carbons (Fsp3) is 0.250. The van der Waals surface area contributed by atoms with Crippen LogP contribution in [0.15, 0.2) is 39.7 Å². The van der Waals surface area contributed by atoms with E-state index in [0.717, 1.165) is 5.76 Å². The second kappa shape index (κ2) is 5.31. The van der Waals surface area contributed by atoms with Gasteiger partial charge in [-0.25, -0.2) is 5.10 Å². The number of carbonyl (C=O) groups excluding carboxylic acids is 1. The molecule has 6 heteroatoms. The van der Waals surface area contributed by atoms with Gasteiger partial charge in [-0.05, 0) is 25.1 Å². The number of nitrogens with zero attached hydrogens (tertiary/aromatic N) is 1. The molecule has 1 amide bonds. The largest absolute Gasteiger partial charge is 0.469 e. The first-order chi connectivity index (χ1) is 8.65. The van der Waals surface area contributed by atoms with Gasteiger partial charge in [0.25, 0.3) is 11.5 Å². The number of carbonyl (C=O) groups is 1. The first-order valence-electron chi connectivity index (χ1n) is 5.54. The maximum absolute atomic E-state index is 11.8. The molecule has 0 aliphatic rings. The monoisotopic (exact) mass is 247 g/mol. The van der Waals surface area contributed by atoms with Crippen LogP contribution in [0.25, 0.3) is 0 Å². The van der Waals surface area contributed by atoms with Crippen LogP contribution in [0.3, 0.4) is 0 Å². The summed E-state index contributed by atoms with van der Waals surface area (Å²) in [6, 6.07) is 6.21. The number of rotatable bonds is 4. The highest BCUT2D eigenvalue weighted by Gasteiger charge is 2.12. The first kappa shape index (κ1) is 12.1. The van der Waals surface area contributed by atoms with Gasteiger partial charge in [0.2, 0.25) is 0 Å². The molecule has 0 aliphatic heterocycles. The van der Waals surface area contributed by atoms with E-state index in [4.69, 9.17) is 4.42 Å². The van der Waals surface area contributed by atoms with Crippen LogP contribution in [0.4, 0.5) is 0 Å². The summed E-state index contributed by atoms with van der Waals surface area (Å²) in [7, 11) is 0. The molecule has 94 valence electrons. The number of aromatic amines is 1. The molecule has 18 heavy (non-hydrogen) atoms. The highest BCUT2D eigenvalue weighted by molar-refractivity contribution is 5.92. The first-order valence-corrected chi connectivity index (χ1v) is 5.54. The Kier molecular flexibility index (Phi) is 3.57. The van der Waals surface area contributed by atoms with Crippen LogP contribution in [-0.2, 0) is 6.42 Å². The minimum absolute atomic E-state index is 0.0858. The normalized spacial score (nSPS) is 12.1. The molecule has 2 aromatic heterocycles. The van der Waals surface area contributed by atoms with E-state index in [1.807, 2.05) is 13.0 Å². The minimum atomic E-state index is -0.338. The molecular formula is C12H13N3O3. The molecule has 0 saturated heterocycles. The molecule has 0 radical (unpaired) electrons. The SMILES string of the molecule is C[C@H](Cc1ccco1)NC(=O)c1ccc(=O)[nH]n1. The van der Waals surface area contributed by atoms with E-state index >= 15 is 0 Å². The predicted molar refractivity (Wildman–Crippen MR) is 64.2 cm³/mol. The lowest BCUT2D eigenvalue weighted by atomic mass is 10.2. The van der Waals surface area contributed by atoms with Crippen LogP contribution >= 0.6 is 0 Å². The van der Waals surface area contributed by atoms with Gasteiger partial charge in [0, 0.05) is 18.5 Å². The van der Waals surface area contributed by atoms with Crippen molar-refractivity contribution in [3.63, 3.8) is 0 Å². The predicted octanol–water partition coefficient (Wildman–Crippen LogP) is 0.724. The smallest absolute Gasteiger partial charge is 0.271 e. The van der Waals surface area contributed by atoms with E-state index in [-0.39, 0.29) is 23.2 Å². The molecule has 2 aromatic rings. The van der Waals surface area contributed by atoms with Crippen LogP contribution in [-0.4, -0.2) is 22.1 Å². The topological polar surface area (TPSA) is 88.0 Å². The maximum Gasteiger partial charge on any atom is 0.271 e. The summed E-state index contributed by atoms with van der Waals surface area (Å²) in [5, 5.41) is 8.64. The van der Waals surface area contributed by atoms with Crippen LogP contribution in [0.2, 0.25) is 0 Å². The molecule has 2 heterocycles. The summed E-state index contributed by atoms with van der Waals surface area (Å²) in [5.41, 5.74) is -0.156. The number of hydrogen-bond acceptors (Lipinski definition) is 4. The third-order valence-corrected chi connectivity index (χ3v) is 2.38. The fourth-order valence-electron chi connectivity index (χ4n) is 1.55. The summed E-state index contributed by atoms with van der Waals surface area (Å²) in [5.74, 6) is 0.475. The number of hydrogen-bond donors (Lipinski definition) is 2. The zero-order valence-electron chi connectivity index (χ0n) is 9.84. The standard InChI is InChI=1S/C12H13N3O3/c1-8(7-9-3-2-6-18-9)13-12(17)10-4-5-11(16)15-14-10/h2-6,8H,7H2,1H3,(H,13,17)(H,15,16)/t8-/m1/s1.